The lowest BCUT2D eigenvalue weighted by Gasteiger charge is -2.29. The molecule has 2 N–H and O–H groups in total. The minimum Gasteiger partial charge on any atom is -0.496 e. The van der Waals surface area contributed by atoms with Gasteiger partial charge in [0.2, 0.25) is 0 Å². The van der Waals surface area contributed by atoms with Gasteiger partial charge in [0, 0.05) is 17.5 Å². The number of carbonyl (C=O) groups is 1. The third-order valence-corrected chi connectivity index (χ3v) is 3.01. The Morgan fingerprint density at radius 1 is 1.44 bits per heavy atom. The van der Waals surface area contributed by atoms with Crippen LogP contribution in [0.3, 0.4) is 0 Å². The van der Waals surface area contributed by atoms with E-state index in [1.165, 1.54) is 20.3 Å². The number of methoxy groups -OCH3 is 2. The third-order valence-electron chi connectivity index (χ3n) is 3.01. The Bertz CT molecular complexity index is 436. The molecule has 0 saturated heterocycles. The monoisotopic (exact) mass is 255 g/mol. The second-order valence-corrected chi connectivity index (χ2v) is 4.33. The van der Waals surface area contributed by atoms with Gasteiger partial charge in [-0.15, -0.1) is 0 Å². The van der Waals surface area contributed by atoms with Gasteiger partial charge in [-0.25, -0.2) is 4.39 Å². The minimum atomic E-state index is -0.857. The first-order valence-corrected chi connectivity index (χ1v) is 5.58. The number of halogens is 1. The van der Waals surface area contributed by atoms with E-state index in [9.17, 15) is 9.18 Å². The molecule has 0 radical (unpaired) electrons. The van der Waals surface area contributed by atoms with E-state index in [-0.39, 0.29) is 13.0 Å². The highest BCUT2D eigenvalue weighted by Crippen LogP contribution is 2.36. The summed E-state index contributed by atoms with van der Waals surface area (Å²) in [6.45, 7) is 1.82. The smallest absolute Gasteiger partial charge is 0.306 e. The van der Waals surface area contributed by atoms with Crippen molar-refractivity contribution in [3.63, 3.8) is 0 Å². The molecule has 0 aliphatic rings. The Morgan fingerprint density at radius 2 is 2.11 bits per heavy atom. The Labute approximate surface area is 106 Å². The summed E-state index contributed by atoms with van der Waals surface area (Å²) in [6.07, 6.45) is -0.00269. The summed E-state index contributed by atoms with van der Waals surface area (Å²) in [7, 11) is 2.74. The van der Waals surface area contributed by atoms with Crippen LogP contribution in [0.4, 0.5) is 4.39 Å². The summed E-state index contributed by atoms with van der Waals surface area (Å²) in [5.74, 6) is -0.494. The maximum atomic E-state index is 14.0. The van der Waals surface area contributed by atoms with Crippen molar-refractivity contribution < 1.29 is 18.7 Å². The molecular weight excluding hydrogens is 237 g/mol. The van der Waals surface area contributed by atoms with E-state index < -0.39 is 17.2 Å². The lowest BCUT2D eigenvalue weighted by molar-refractivity contribution is -0.141. The maximum Gasteiger partial charge on any atom is 0.306 e. The normalized spacial score (nSPS) is 13.8. The standard InChI is InChI=1S/C13H18FNO3/c1-13(8-15,7-11(16)18-3)12-9(14)5-4-6-10(12)17-2/h4-6H,7-8,15H2,1-3H3. The van der Waals surface area contributed by atoms with E-state index >= 15 is 0 Å². The van der Waals surface area contributed by atoms with E-state index in [1.54, 1.807) is 19.1 Å². The predicted molar refractivity (Wildman–Crippen MR) is 66.0 cm³/mol. The van der Waals surface area contributed by atoms with Crippen LogP contribution in [-0.4, -0.2) is 26.7 Å². The topological polar surface area (TPSA) is 61.5 Å². The van der Waals surface area contributed by atoms with Gasteiger partial charge in [0.25, 0.3) is 0 Å². The van der Waals surface area contributed by atoms with Gasteiger partial charge >= 0.3 is 5.97 Å². The molecule has 5 heteroatoms. The van der Waals surface area contributed by atoms with Crippen LogP contribution in [0, 0.1) is 5.82 Å². The molecule has 1 unspecified atom stereocenters. The number of hydrogen-bond acceptors (Lipinski definition) is 4. The van der Waals surface area contributed by atoms with E-state index in [1.807, 2.05) is 0 Å². The molecule has 1 rings (SSSR count). The van der Waals surface area contributed by atoms with Crippen molar-refractivity contribution >= 4 is 5.97 Å². The highest BCUT2D eigenvalue weighted by molar-refractivity contribution is 5.71. The van der Waals surface area contributed by atoms with Crippen molar-refractivity contribution in [2.45, 2.75) is 18.8 Å². The molecule has 0 aliphatic carbocycles. The lowest BCUT2D eigenvalue weighted by Crippen LogP contribution is -2.36. The van der Waals surface area contributed by atoms with Crippen molar-refractivity contribution in [1.29, 1.82) is 0 Å². The number of hydrogen-bond donors (Lipinski definition) is 1. The SMILES string of the molecule is COC(=O)CC(C)(CN)c1c(F)cccc1OC. The number of ether oxygens (including phenoxy) is 2. The summed E-state index contributed by atoms with van der Waals surface area (Å²) in [5.41, 5.74) is 5.15. The zero-order chi connectivity index (χ0) is 13.8. The van der Waals surface area contributed by atoms with Crippen molar-refractivity contribution in [2.75, 3.05) is 20.8 Å². The van der Waals surface area contributed by atoms with E-state index in [2.05, 4.69) is 4.74 Å². The van der Waals surface area contributed by atoms with Gasteiger partial charge < -0.3 is 15.2 Å². The second-order valence-electron chi connectivity index (χ2n) is 4.33. The predicted octanol–water partition coefficient (Wildman–Crippen LogP) is 1.61. The molecule has 1 aromatic carbocycles. The molecule has 0 heterocycles. The van der Waals surface area contributed by atoms with Crippen LogP contribution in [0.25, 0.3) is 0 Å². The number of benzene rings is 1. The second kappa shape index (κ2) is 5.82. The first-order valence-electron chi connectivity index (χ1n) is 5.58. The van der Waals surface area contributed by atoms with E-state index in [0.29, 0.717) is 11.3 Å². The minimum absolute atomic E-state index is 0.00269. The van der Waals surface area contributed by atoms with Crippen molar-refractivity contribution in [2.24, 2.45) is 5.73 Å². The van der Waals surface area contributed by atoms with Crippen LogP contribution in [0.15, 0.2) is 18.2 Å². The highest BCUT2D eigenvalue weighted by Gasteiger charge is 2.34. The largest absolute Gasteiger partial charge is 0.496 e. The Balaban J connectivity index is 3.26. The highest BCUT2D eigenvalue weighted by atomic mass is 19.1. The summed E-state index contributed by atoms with van der Waals surface area (Å²) in [4.78, 5) is 11.4. The molecule has 1 atom stereocenters. The number of carbonyl (C=O) groups excluding carboxylic acids is 1. The summed E-state index contributed by atoms with van der Waals surface area (Å²) in [6, 6.07) is 4.51. The van der Waals surface area contributed by atoms with E-state index in [4.69, 9.17) is 10.5 Å². The van der Waals surface area contributed by atoms with Crippen LogP contribution in [0.2, 0.25) is 0 Å². The molecule has 4 nitrogen and oxygen atoms in total. The third kappa shape index (κ3) is 2.79. The summed E-state index contributed by atoms with van der Waals surface area (Å²) >= 11 is 0. The van der Waals surface area contributed by atoms with Crippen LogP contribution in [0.1, 0.15) is 18.9 Å². The number of esters is 1. The fourth-order valence-electron chi connectivity index (χ4n) is 1.91. The van der Waals surface area contributed by atoms with Gasteiger partial charge in [0.05, 0.1) is 20.6 Å². The molecule has 0 saturated carbocycles. The van der Waals surface area contributed by atoms with Gasteiger partial charge in [-0.05, 0) is 12.1 Å². The number of rotatable bonds is 5. The van der Waals surface area contributed by atoms with Gasteiger partial charge in [0.1, 0.15) is 11.6 Å². The fraction of sp³-hybridized carbons (Fsp3) is 0.462. The van der Waals surface area contributed by atoms with Gasteiger partial charge in [-0.3, -0.25) is 4.79 Å². The molecule has 0 aliphatic heterocycles. The molecule has 0 bridgehead atoms. The van der Waals surface area contributed by atoms with Crippen LogP contribution in [-0.2, 0) is 14.9 Å². The zero-order valence-corrected chi connectivity index (χ0v) is 10.8. The Hall–Kier alpha value is -1.62. The Kier molecular flexibility index (Phi) is 4.67. The zero-order valence-electron chi connectivity index (χ0n) is 10.8. The molecule has 0 spiro atoms. The molecule has 100 valence electrons. The fourth-order valence-corrected chi connectivity index (χ4v) is 1.91. The van der Waals surface area contributed by atoms with Gasteiger partial charge in [0.15, 0.2) is 0 Å². The molecule has 0 fully saturated rings. The van der Waals surface area contributed by atoms with E-state index in [0.717, 1.165) is 0 Å². The van der Waals surface area contributed by atoms with Crippen LogP contribution in [0.5, 0.6) is 5.75 Å². The maximum absolute atomic E-state index is 14.0. The molecule has 0 amide bonds. The molecule has 0 aromatic heterocycles. The summed E-state index contributed by atoms with van der Waals surface area (Å²) in [5, 5.41) is 0. The van der Waals surface area contributed by atoms with Crippen LogP contribution < -0.4 is 10.5 Å². The molecule has 18 heavy (non-hydrogen) atoms. The molecular formula is C13H18FNO3. The first-order chi connectivity index (χ1) is 8.48. The average molecular weight is 255 g/mol. The summed E-state index contributed by atoms with van der Waals surface area (Å²) < 4.78 is 23.8. The van der Waals surface area contributed by atoms with Gasteiger partial charge in [-0.2, -0.15) is 0 Å². The van der Waals surface area contributed by atoms with Crippen molar-refractivity contribution in [1.82, 2.24) is 0 Å². The average Bonchev–Trinajstić information content (AvgIpc) is 2.37. The molecule has 1 aromatic rings. The van der Waals surface area contributed by atoms with Crippen molar-refractivity contribution in [3.05, 3.63) is 29.6 Å². The Morgan fingerprint density at radius 3 is 2.61 bits per heavy atom. The number of nitrogens with two attached hydrogens (primary N) is 1. The first kappa shape index (κ1) is 14.4. The van der Waals surface area contributed by atoms with Crippen molar-refractivity contribution in [3.8, 4) is 5.75 Å². The van der Waals surface area contributed by atoms with Crippen LogP contribution >= 0.6 is 0 Å². The van der Waals surface area contributed by atoms with Gasteiger partial charge in [-0.1, -0.05) is 13.0 Å². The quantitative estimate of drug-likeness (QED) is 0.812. The lowest BCUT2D eigenvalue weighted by atomic mass is 9.78.